The van der Waals surface area contributed by atoms with Crippen molar-refractivity contribution >= 4 is 17.2 Å². The van der Waals surface area contributed by atoms with E-state index < -0.39 is 23.1 Å². The van der Waals surface area contributed by atoms with E-state index in [1.807, 2.05) is 11.4 Å². The summed E-state index contributed by atoms with van der Waals surface area (Å²) in [5.41, 5.74) is 0.615. The minimum absolute atomic E-state index is 0.0440. The Morgan fingerprint density at radius 2 is 1.91 bits per heavy atom. The standard InChI is InChI=1S/C17H18F2N2OS/c18-13-4-3-5-14(19)16(13)17(22)20-10-15(12-6-9-23-11-12)21-7-1-2-8-21/h3-6,9,11,15H,1-2,7-8,10H2,(H,20,22). The molecule has 1 amide bonds. The van der Waals surface area contributed by atoms with Crippen molar-refractivity contribution in [3.8, 4) is 0 Å². The number of nitrogens with zero attached hydrogens (tertiary/aromatic N) is 1. The first-order valence-corrected chi connectivity index (χ1v) is 8.59. The Labute approximate surface area is 137 Å². The van der Waals surface area contributed by atoms with Gasteiger partial charge >= 0.3 is 0 Å². The highest BCUT2D eigenvalue weighted by atomic mass is 32.1. The number of carbonyl (C=O) groups is 1. The van der Waals surface area contributed by atoms with Crippen molar-refractivity contribution in [3.63, 3.8) is 0 Å². The highest BCUT2D eigenvalue weighted by Gasteiger charge is 2.25. The van der Waals surface area contributed by atoms with Gasteiger partial charge in [0.15, 0.2) is 0 Å². The molecule has 2 aromatic rings. The first-order valence-electron chi connectivity index (χ1n) is 7.65. The predicted octanol–water partition coefficient (Wildman–Crippen LogP) is 3.59. The van der Waals surface area contributed by atoms with Gasteiger partial charge in [-0.1, -0.05) is 6.07 Å². The zero-order valence-corrected chi connectivity index (χ0v) is 13.4. The number of carbonyl (C=O) groups excluding carboxylic acids is 1. The minimum Gasteiger partial charge on any atom is -0.350 e. The van der Waals surface area contributed by atoms with E-state index in [2.05, 4.69) is 15.6 Å². The fourth-order valence-electron chi connectivity index (χ4n) is 2.97. The Morgan fingerprint density at radius 1 is 1.22 bits per heavy atom. The van der Waals surface area contributed by atoms with Gasteiger partial charge in [-0.25, -0.2) is 8.78 Å². The molecular formula is C17H18F2N2OS. The van der Waals surface area contributed by atoms with Crippen LogP contribution in [0.1, 0.15) is 34.8 Å². The molecule has 1 fully saturated rings. The molecule has 0 saturated carbocycles. The average molecular weight is 336 g/mol. The van der Waals surface area contributed by atoms with Crippen molar-refractivity contribution < 1.29 is 13.6 Å². The zero-order valence-electron chi connectivity index (χ0n) is 12.6. The normalized spacial score (nSPS) is 16.4. The number of hydrogen-bond donors (Lipinski definition) is 1. The number of rotatable bonds is 5. The Balaban J connectivity index is 1.72. The Morgan fingerprint density at radius 3 is 2.52 bits per heavy atom. The lowest BCUT2D eigenvalue weighted by molar-refractivity contribution is 0.0929. The first kappa shape index (κ1) is 16.1. The second-order valence-electron chi connectivity index (χ2n) is 5.62. The van der Waals surface area contributed by atoms with Crippen LogP contribution in [0.25, 0.3) is 0 Å². The van der Waals surface area contributed by atoms with E-state index in [9.17, 15) is 13.6 Å². The molecule has 23 heavy (non-hydrogen) atoms. The Kier molecular flexibility index (Phi) is 5.03. The molecule has 1 saturated heterocycles. The molecule has 1 aromatic carbocycles. The van der Waals surface area contributed by atoms with Crippen LogP contribution in [0, 0.1) is 11.6 Å². The molecule has 1 atom stereocenters. The number of nitrogens with one attached hydrogen (secondary N) is 1. The molecular weight excluding hydrogens is 318 g/mol. The monoisotopic (exact) mass is 336 g/mol. The number of benzene rings is 1. The zero-order chi connectivity index (χ0) is 16.2. The summed E-state index contributed by atoms with van der Waals surface area (Å²) < 4.78 is 27.4. The van der Waals surface area contributed by atoms with Crippen molar-refractivity contribution in [2.75, 3.05) is 19.6 Å². The molecule has 1 unspecified atom stereocenters. The Hall–Kier alpha value is -1.79. The van der Waals surface area contributed by atoms with Crippen molar-refractivity contribution in [1.82, 2.24) is 10.2 Å². The molecule has 3 rings (SSSR count). The first-order chi connectivity index (χ1) is 11.2. The summed E-state index contributed by atoms with van der Waals surface area (Å²) in [6.07, 6.45) is 2.27. The predicted molar refractivity (Wildman–Crippen MR) is 86.6 cm³/mol. The van der Waals surface area contributed by atoms with Gasteiger partial charge in [-0.3, -0.25) is 9.69 Å². The third-order valence-corrected chi connectivity index (χ3v) is 4.86. The van der Waals surface area contributed by atoms with Gasteiger partial charge in [0.25, 0.3) is 5.91 Å². The largest absolute Gasteiger partial charge is 0.350 e. The summed E-state index contributed by atoms with van der Waals surface area (Å²) in [6.45, 7) is 2.29. The summed E-state index contributed by atoms with van der Waals surface area (Å²) in [4.78, 5) is 14.5. The molecule has 6 heteroatoms. The lowest BCUT2D eigenvalue weighted by atomic mass is 10.1. The highest BCUT2D eigenvalue weighted by molar-refractivity contribution is 7.07. The summed E-state index contributed by atoms with van der Waals surface area (Å²) in [5, 5.41) is 6.74. The lowest BCUT2D eigenvalue weighted by Gasteiger charge is -2.27. The number of likely N-dealkylation sites (tertiary alicyclic amines) is 1. The molecule has 0 spiro atoms. The molecule has 122 valence electrons. The third-order valence-electron chi connectivity index (χ3n) is 4.16. The van der Waals surface area contributed by atoms with Gasteiger partial charge in [-0.05, 0) is 60.5 Å². The van der Waals surface area contributed by atoms with Gasteiger partial charge in [0, 0.05) is 6.54 Å². The molecule has 1 N–H and O–H groups in total. The summed E-state index contributed by atoms with van der Waals surface area (Å²) in [7, 11) is 0. The fourth-order valence-corrected chi connectivity index (χ4v) is 3.68. The van der Waals surface area contributed by atoms with Crippen LogP contribution in [-0.4, -0.2) is 30.4 Å². The van der Waals surface area contributed by atoms with E-state index in [0.29, 0.717) is 6.54 Å². The third kappa shape index (κ3) is 3.59. The molecule has 0 bridgehead atoms. The maximum Gasteiger partial charge on any atom is 0.257 e. The number of hydrogen-bond acceptors (Lipinski definition) is 3. The summed E-state index contributed by atoms with van der Waals surface area (Å²) in [6, 6.07) is 5.51. The van der Waals surface area contributed by atoms with Crippen LogP contribution >= 0.6 is 11.3 Å². The second kappa shape index (κ2) is 7.19. The molecule has 1 aromatic heterocycles. The van der Waals surface area contributed by atoms with Crippen LogP contribution in [-0.2, 0) is 0 Å². The highest BCUT2D eigenvalue weighted by Crippen LogP contribution is 2.26. The quantitative estimate of drug-likeness (QED) is 0.905. The number of halogens is 2. The van der Waals surface area contributed by atoms with Crippen LogP contribution in [0.5, 0.6) is 0 Å². The van der Waals surface area contributed by atoms with Gasteiger partial charge in [-0.2, -0.15) is 11.3 Å². The molecule has 2 heterocycles. The summed E-state index contributed by atoms with van der Waals surface area (Å²) in [5.74, 6) is -2.38. The van der Waals surface area contributed by atoms with Gasteiger partial charge in [0.2, 0.25) is 0 Å². The van der Waals surface area contributed by atoms with E-state index in [1.54, 1.807) is 11.3 Å². The van der Waals surface area contributed by atoms with Crippen molar-refractivity contribution in [2.24, 2.45) is 0 Å². The van der Waals surface area contributed by atoms with Crippen LogP contribution in [0.3, 0.4) is 0 Å². The molecule has 1 aliphatic rings. The molecule has 0 aliphatic carbocycles. The van der Waals surface area contributed by atoms with E-state index in [0.717, 1.165) is 43.6 Å². The van der Waals surface area contributed by atoms with Crippen LogP contribution in [0.2, 0.25) is 0 Å². The number of thiophene rings is 1. The summed E-state index contributed by atoms with van der Waals surface area (Å²) >= 11 is 1.60. The van der Waals surface area contributed by atoms with E-state index in [4.69, 9.17) is 0 Å². The van der Waals surface area contributed by atoms with Crippen LogP contribution in [0.4, 0.5) is 8.78 Å². The van der Waals surface area contributed by atoms with Crippen LogP contribution < -0.4 is 5.32 Å². The van der Waals surface area contributed by atoms with Crippen molar-refractivity contribution in [3.05, 3.63) is 57.8 Å². The number of amides is 1. The van der Waals surface area contributed by atoms with Crippen LogP contribution in [0.15, 0.2) is 35.0 Å². The van der Waals surface area contributed by atoms with E-state index >= 15 is 0 Å². The Bertz CT molecular complexity index is 649. The van der Waals surface area contributed by atoms with Gasteiger partial charge in [0.05, 0.1) is 6.04 Å². The fraction of sp³-hybridized carbons (Fsp3) is 0.353. The van der Waals surface area contributed by atoms with Crippen molar-refractivity contribution in [1.29, 1.82) is 0 Å². The maximum atomic E-state index is 13.7. The van der Waals surface area contributed by atoms with E-state index in [-0.39, 0.29) is 6.04 Å². The second-order valence-corrected chi connectivity index (χ2v) is 6.40. The average Bonchev–Trinajstić information content (AvgIpc) is 3.21. The van der Waals surface area contributed by atoms with Gasteiger partial charge in [0.1, 0.15) is 17.2 Å². The minimum atomic E-state index is -0.837. The van der Waals surface area contributed by atoms with Crippen molar-refractivity contribution in [2.45, 2.75) is 18.9 Å². The van der Waals surface area contributed by atoms with Gasteiger partial charge < -0.3 is 5.32 Å². The smallest absolute Gasteiger partial charge is 0.257 e. The maximum absolute atomic E-state index is 13.7. The SMILES string of the molecule is O=C(NCC(c1ccsc1)N1CCCC1)c1c(F)cccc1F. The molecule has 3 nitrogen and oxygen atoms in total. The van der Waals surface area contributed by atoms with Gasteiger partial charge in [-0.15, -0.1) is 0 Å². The molecule has 1 aliphatic heterocycles. The lowest BCUT2D eigenvalue weighted by Crippen LogP contribution is -2.37. The van der Waals surface area contributed by atoms with E-state index in [1.165, 1.54) is 6.07 Å². The topological polar surface area (TPSA) is 32.3 Å². The molecule has 0 radical (unpaired) electrons.